The van der Waals surface area contributed by atoms with Crippen LogP contribution in [-0.2, 0) is 19.6 Å². The molecule has 0 aliphatic carbocycles. The van der Waals surface area contributed by atoms with Gasteiger partial charge in [0.15, 0.2) is 11.5 Å². The lowest BCUT2D eigenvalue weighted by Gasteiger charge is -2.28. The highest BCUT2D eigenvalue weighted by Gasteiger charge is 2.19. The number of nitrogens with zero attached hydrogens (tertiary/aromatic N) is 3. The smallest absolute Gasteiger partial charge is 0.288 e. The molecule has 0 amide bonds. The molecule has 0 radical (unpaired) electrons. The molecule has 2 aliphatic rings. The van der Waals surface area contributed by atoms with Crippen LogP contribution in [-0.4, -0.2) is 28.0 Å². The van der Waals surface area contributed by atoms with Crippen molar-refractivity contribution in [3.63, 3.8) is 0 Å². The number of aromatic nitrogens is 2. The van der Waals surface area contributed by atoms with Crippen LogP contribution in [0, 0.1) is 4.84 Å². The fourth-order valence-corrected chi connectivity index (χ4v) is 3.58. The molecule has 0 atom stereocenters. The molecular weight excluding hydrogens is 350 g/mol. The Morgan fingerprint density at radius 2 is 1.88 bits per heavy atom. The molecule has 2 aliphatic heterocycles. The summed E-state index contributed by atoms with van der Waals surface area (Å²) in [4.78, 5) is 2.70. The van der Waals surface area contributed by atoms with Crippen molar-refractivity contribution in [3.8, 4) is 23.0 Å². The van der Waals surface area contributed by atoms with Gasteiger partial charge in [-0.2, -0.15) is 0 Å². The normalized spacial score (nSPS) is 15.8. The van der Waals surface area contributed by atoms with Gasteiger partial charge in [-0.15, -0.1) is 5.10 Å². The molecule has 0 unspecified atom stereocenters. The molecule has 0 saturated heterocycles. The van der Waals surface area contributed by atoms with Crippen molar-refractivity contribution in [2.45, 2.75) is 19.6 Å². The van der Waals surface area contributed by atoms with E-state index in [0.717, 1.165) is 30.8 Å². The molecule has 132 valence electrons. The molecule has 3 heterocycles. The van der Waals surface area contributed by atoms with Gasteiger partial charge in [-0.25, -0.2) is 4.68 Å². The van der Waals surface area contributed by atoms with Gasteiger partial charge in [0.2, 0.25) is 12.7 Å². The van der Waals surface area contributed by atoms with E-state index in [9.17, 15) is 0 Å². The molecule has 0 fully saturated rings. The Bertz CT molecular complexity index is 1030. The van der Waals surface area contributed by atoms with Gasteiger partial charge in [0.25, 0.3) is 4.84 Å². The van der Waals surface area contributed by atoms with Gasteiger partial charge < -0.3 is 13.9 Å². The fourth-order valence-electron chi connectivity index (χ4n) is 3.41. The molecular formula is C19H17N3O3S. The molecule has 6 nitrogen and oxygen atoms in total. The van der Waals surface area contributed by atoms with Crippen LogP contribution in [0.4, 0.5) is 0 Å². The number of rotatable bonds is 3. The van der Waals surface area contributed by atoms with Crippen molar-refractivity contribution in [1.29, 1.82) is 0 Å². The van der Waals surface area contributed by atoms with E-state index in [2.05, 4.69) is 34.3 Å². The molecule has 3 aromatic rings. The van der Waals surface area contributed by atoms with Crippen LogP contribution in [0.2, 0.25) is 0 Å². The predicted octanol–water partition coefficient (Wildman–Crippen LogP) is 3.62. The summed E-state index contributed by atoms with van der Waals surface area (Å²) in [6.45, 7) is 2.73. The summed E-state index contributed by atoms with van der Waals surface area (Å²) in [6, 6.07) is 14.2. The average Bonchev–Trinajstić information content (AvgIpc) is 3.28. The van der Waals surface area contributed by atoms with E-state index in [1.165, 1.54) is 11.1 Å². The molecule has 2 aromatic carbocycles. The standard InChI is InChI=1S/C19H17N3O3S/c26-19-22(11-21-8-7-13-3-1-2-4-15(13)10-21)20-18(25-19)14-5-6-16-17(9-14)24-12-23-16/h1-6,9H,7-8,10-12H2. The number of benzene rings is 2. The minimum Gasteiger partial charge on any atom is -0.454 e. The Labute approximate surface area is 155 Å². The van der Waals surface area contributed by atoms with Crippen LogP contribution >= 0.6 is 12.2 Å². The lowest BCUT2D eigenvalue weighted by molar-refractivity contribution is 0.174. The zero-order valence-corrected chi connectivity index (χ0v) is 14.9. The number of hydrogen-bond donors (Lipinski definition) is 0. The van der Waals surface area contributed by atoms with E-state index in [0.29, 0.717) is 23.1 Å². The van der Waals surface area contributed by atoms with E-state index < -0.39 is 0 Å². The molecule has 26 heavy (non-hydrogen) atoms. The van der Waals surface area contributed by atoms with E-state index in [-0.39, 0.29) is 6.79 Å². The highest BCUT2D eigenvalue weighted by molar-refractivity contribution is 7.71. The van der Waals surface area contributed by atoms with E-state index in [1.807, 2.05) is 18.2 Å². The third-order valence-corrected chi connectivity index (χ3v) is 5.06. The third kappa shape index (κ3) is 2.79. The van der Waals surface area contributed by atoms with Gasteiger partial charge in [0, 0.05) is 18.7 Å². The van der Waals surface area contributed by atoms with Crippen molar-refractivity contribution in [2.75, 3.05) is 13.3 Å². The van der Waals surface area contributed by atoms with Crippen molar-refractivity contribution in [1.82, 2.24) is 14.7 Å². The van der Waals surface area contributed by atoms with Crippen molar-refractivity contribution >= 4 is 12.2 Å². The third-order valence-electron chi connectivity index (χ3n) is 4.77. The second kappa shape index (κ2) is 6.26. The first-order valence-electron chi connectivity index (χ1n) is 8.53. The maximum atomic E-state index is 5.72. The fraction of sp³-hybridized carbons (Fsp3) is 0.263. The van der Waals surface area contributed by atoms with Crippen LogP contribution in [0.25, 0.3) is 11.5 Å². The Hall–Kier alpha value is -2.64. The maximum absolute atomic E-state index is 5.72. The van der Waals surface area contributed by atoms with E-state index in [1.54, 1.807) is 4.68 Å². The SMILES string of the molecule is S=c1oc(-c2ccc3c(c2)OCO3)nn1CN1CCc2ccccc2C1. The van der Waals surface area contributed by atoms with Gasteiger partial charge >= 0.3 is 0 Å². The molecule has 5 rings (SSSR count). The summed E-state index contributed by atoms with van der Waals surface area (Å²) in [5.41, 5.74) is 3.61. The summed E-state index contributed by atoms with van der Waals surface area (Å²) in [5.74, 6) is 1.93. The summed E-state index contributed by atoms with van der Waals surface area (Å²) >= 11 is 5.37. The zero-order chi connectivity index (χ0) is 17.5. The summed E-state index contributed by atoms with van der Waals surface area (Å²) < 4.78 is 18.2. The molecule has 0 N–H and O–H groups in total. The average molecular weight is 367 g/mol. The van der Waals surface area contributed by atoms with E-state index in [4.69, 9.17) is 26.1 Å². The van der Waals surface area contributed by atoms with E-state index >= 15 is 0 Å². The monoisotopic (exact) mass is 367 g/mol. The first kappa shape index (κ1) is 15.6. The Morgan fingerprint density at radius 1 is 1.04 bits per heavy atom. The van der Waals surface area contributed by atoms with Gasteiger partial charge in [-0.1, -0.05) is 24.3 Å². The zero-order valence-electron chi connectivity index (χ0n) is 14.1. The van der Waals surface area contributed by atoms with Crippen LogP contribution in [0.3, 0.4) is 0 Å². The Morgan fingerprint density at radius 3 is 2.81 bits per heavy atom. The number of fused-ring (bicyclic) bond motifs is 2. The van der Waals surface area contributed by atoms with Crippen LogP contribution in [0.1, 0.15) is 11.1 Å². The minimum atomic E-state index is 0.243. The quantitative estimate of drug-likeness (QED) is 0.659. The highest BCUT2D eigenvalue weighted by Crippen LogP contribution is 2.35. The van der Waals surface area contributed by atoms with Gasteiger partial charge in [0.1, 0.15) is 0 Å². The molecule has 7 heteroatoms. The first-order chi connectivity index (χ1) is 12.8. The van der Waals surface area contributed by atoms with Crippen LogP contribution in [0.5, 0.6) is 11.5 Å². The summed E-state index contributed by atoms with van der Waals surface area (Å²) in [6.07, 6.45) is 1.04. The van der Waals surface area contributed by atoms with Gasteiger partial charge in [0.05, 0.1) is 6.67 Å². The lowest BCUT2D eigenvalue weighted by Crippen LogP contribution is -2.32. The van der Waals surface area contributed by atoms with Gasteiger partial charge in [-0.05, 0) is 48.0 Å². The van der Waals surface area contributed by atoms with Crippen molar-refractivity contribution in [3.05, 3.63) is 58.4 Å². The lowest BCUT2D eigenvalue weighted by atomic mass is 10.0. The Balaban J connectivity index is 1.37. The summed E-state index contributed by atoms with van der Waals surface area (Å²) in [5, 5.41) is 4.56. The molecule has 0 bridgehead atoms. The number of hydrogen-bond acceptors (Lipinski definition) is 6. The molecule has 0 spiro atoms. The van der Waals surface area contributed by atoms with Crippen molar-refractivity contribution in [2.24, 2.45) is 0 Å². The minimum absolute atomic E-state index is 0.243. The Kier molecular flexibility index (Phi) is 3.76. The largest absolute Gasteiger partial charge is 0.454 e. The van der Waals surface area contributed by atoms with Crippen molar-refractivity contribution < 1.29 is 13.9 Å². The topological polar surface area (TPSA) is 52.7 Å². The predicted molar refractivity (Wildman–Crippen MR) is 97.4 cm³/mol. The second-order valence-electron chi connectivity index (χ2n) is 6.45. The molecule has 0 saturated carbocycles. The first-order valence-corrected chi connectivity index (χ1v) is 8.94. The van der Waals surface area contributed by atoms with Crippen LogP contribution < -0.4 is 9.47 Å². The second-order valence-corrected chi connectivity index (χ2v) is 6.80. The maximum Gasteiger partial charge on any atom is 0.288 e. The number of ether oxygens (including phenoxy) is 2. The summed E-state index contributed by atoms with van der Waals surface area (Å²) in [7, 11) is 0. The molecule has 1 aromatic heterocycles. The van der Waals surface area contributed by atoms with Crippen LogP contribution in [0.15, 0.2) is 46.9 Å². The highest BCUT2D eigenvalue weighted by atomic mass is 32.1. The van der Waals surface area contributed by atoms with Gasteiger partial charge in [-0.3, -0.25) is 4.90 Å².